The van der Waals surface area contributed by atoms with Crippen LogP contribution in [0.5, 0.6) is 0 Å². The van der Waals surface area contributed by atoms with Gasteiger partial charge in [-0.3, -0.25) is 4.68 Å². The van der Waals surface area contributed by atoms with Crippen LogP contribution in [0.1, 0.15) is 11.8 Å². The molecule has 0 aliphatic carbocycles. The second-order valence-corrected chi connectivity index (χ2v) is 4.36. The molecule has 3 N–H and O–H groups in total. The number of nitriles is 1. The summed E-state index contributed by atoms with van der Waals surface area (Å²) in [6.45, 7) is -0.395. The summed E-state index contributed by atoms with van der Waals surface area (Å²) in [6.07, 6.45) is 0.516. The van der Waals surface area contributed by atoms with Gasteiger partial charge in [-0.2, -0.15) is 5.26 Å². The van der Waals surface area contributed by atoms with Crippen LogP contribution in [0.2, 0.25) is 0 Å². The maximum absolute atomic E-state index is 9.97. The standard InChI is InChI=1S/C11H12N4O4/c12-3-6-4-15(14-2-1-13-10(6)14)11-9(18)8(17)7(5-16)19-11/h1-2,4,7-9,11,16-18H,5H2. The average Bonchev–Trinajstić information content (AvgIpc) is 3.06. The number of imidazole rings is 1. The monoisotopic (exact) mass is 264 g/mol. The van der Waals surface area contributed by atoms with Gasteiger partial charge in [0, 0.05) is 18.6 Å². The fourth-order valence-corrected chi connectivity index (χ4v) is 2.30. The predicted molar refractivity (Wildman–Crippen MR) is 60.9 cm³/mol. The molecule has 4 atom stereocenters. The van der Waals surface area contributed by atoms with Gasteiger partial charge in [0.2, 0.25) is 0 Å². The molecule has 100 valence electrons. The molecule has 3 rings (SSSR count). The van der Waals surface area contributed by atoms with Crippen molar-refractivity contribution in [3.05, 3.63) is 24.2 Å². The summed E-state index contributed by atoms with van der Waals surface area (Å²) in [5, 5.41) is 37.8. The van der Waals surface area contributed by atoms with Gasteiger partial charge in [0.05, 0.1) is 6.61 Å². The zero-order valence-corrected chi connectivity index (χ0v) is 9.79. The minimum atomic E-state index is -1.19. The quantitative estimate of drug-likeness (QED) is 0.615. The Labute approximate surface area is 107 Å². The first kappa shape index (κ1) is 12.1. The van der Waals surface area contributed by atoms with E-state index in [4.69, 9.17) is 15.1 Å². The van der Waals surface area contributed by atoms with Gasteiger partial charge in [-0.05, 0) is 0 Å². The van der Waals surface area contributed by atoms with Crippen LogP contribution in [-0.4, -0.2) is 54.4 Å². The van der Waals surface area contributed by atoms with Crippen LogP contribution in [0, 0.1) is 11.3 Å². The zero-order valence-electron chi connectivity index (χ0n) is 9.79. The third-order valence-electron chi connectivity index (χ3n) is 3.27. The summed E-state index contributed by atoms with van der Waals surface area (Å²) in [5.74, 6) is 0. The summed E-state index contributed by atoms with van der Waals surface area (Å²) in [5.41, 5.74) is 0.781. The third-order valence-corrected chi connectivity index (χ3v) is 3.27. The van der Waals surface area contributed by atoms with E-state index in [9.17, 15) is 10.2 Å². The second kappa shape index (κ2) is 4.32. The fraction of sp³-hybridized carbons (Fsp3) is 0.455. The molecular weight excluding hydrogens is 252 g/mol. The molecule has 1 fully saturated rings. The van der Waals surface area contributed by atoms with E-state index in [2.05, 4.69) is 4.98 Å². The molecule has 3 heterocycles. The number of hydrogen-bond donors (Lipinski definition) is 3. The molecule has 0 amide bonds. The lowest BCUT2D eigenvalue weighted by Crippen LogP contribution is -2.33. The van der Waals surface area contributed by atoms with Gasteiger partial charge >= 0.3 is 0 Å². The van der Waals surface area contributed by atoms with Crippen molar-refractivity contribution in [1.29, 1.82) is 5.26 Å². The Kier molecular flexibility index (Phi) is 2.76. The lowest BCUT2D eigenvalue weighted by atomic mass is 10.1. The molecule has 0 spiro atoms. The lowest BCUT2D eigenvalue weighted by molar-refractivity contribution is -0.0603. The van der Waals surface area contributed by atoms with E-state index in [1.165, 1.54) is 17.1 Å². The van der Waals surface area contributed by atoms with Gasteiger partial charge in [-0.1, -0.05) is 0 Å². The highest BCUT2D eigenvalue weighted by Crippen LogP contribution is 2.30. The van der Waals surface area contributed by atoms with Gasteiger partial charge in [0.1, 0.15) is 29.9 Å². The Balaban J connectivity index is 2.06. The van der Waals surface area contributed by atoms with E-state index in [1.807, 2.05) is 6.07 Å². The average molecular weight is 264 g/mol. The van der Waals surface area contributed by atoms with Crippen molar-refractivity contribution in [2.45, 2.75) is 24.5 Å². The number of fused-ring (bicyclic) bond motifs is 1. The van der Waals surface area contributed by atoms with Crippen LogP contribution in [0.25, 0.3) is 5.65 Å². The molecule has 8 nitrogen and oxygen atoms in total. The number of aromatic nitrogens is 3. The lowest BCUT2D eigenvalue weighted by Gasteiger charge is -2.17. The van der Waals surface area contributed by atoms with Crippen LogP contribution in [0.4, 0.5) is 0 Å². The molecule has 0 radical (unpaired) electrons. The Bertz CT molecular complexity index is 643. The van der Waals surface area contributed by atoms with E-state index in [0.29, 0.717) is 11.2 Å². The van der Waals surface area contributed by atoms with Crippen molar-refractivity contribution in [1.82, 2.24) is 14.2 Å². The first-order chi connectivity index (χ1) is 9.17. The molecule has 1 aliphatic heterocycles. The smallest absolute Gasteiger partial charge is 0.177 e. The molecule has 19 heavy (non-hydrogen) atoms. The molecule has 0 bridgehead atoms. The van der Waals surface area contributed by atoms with Crippen LogP contribution in [0.3, 0.4) is 0 Å². The van der Waals surface area contributed by atoms with E-state index in [1.54, 1.807) is 10.7 Å². The Morgan fingerprint density at radius 1 is 1.42 bits per heavy atom. The molecule has 0 aromatic carbocycles. The van der Waals surface area contributed by atoms with Gasteiger partial charge in [0.15, 0.2) is 11.9 Å². The SMILES string of the molecule is N#Cc1cn(C2OC(CO)C(O)C2O)n2ccnc12. The number of aliphatic hydroxyl groups excluding tert-OH is 3. The maximum atomic E-state index is 9.97. The molecule has 1 saturated heterocycles. The molecule has 0 saturated carbocycles. The first-order valence-corrected chi connectivity index (χ1v) is 5.74. The number of aliphatic hydroxyl groups is 3. The number of rotatable bonds is 2. The van der Waals surface area contributed by atoms with Gasteiger partial charge in [0.25, 0.3) is 0 Å². The van der Waals surface area contributed by atoms with Gasteiger partial charge in [-0.25, -0.2) is 9.50 Å². The van der Waals surface area contributed by atoms with Crippen molar-refractivity contribution in [2.75, 3.05) is 6.61 Å². The van der Waals surface area contributed by atoms with Crippen molar-refractivity contribution in [3.8, 4) is 6.07 Å². The maximum Gasteiger partial charge on any atom is 0.177 e. The third kappa shape index (κ3) is 1.64. The summed E-state index contributed by atoms with van der Waals surface area (Å²) < 4.78 is 8.44. The Morgan fingerprint density at radius 2 is 2.21 bits per heavy atom. The van der Waals surface area contributed by atoms with E-state index in [-0.39, 0.29) is 0 Å². The normalized spacial score (nSPS) is 30.8. The zero-order chi connectivity index (χ0) is 13.6. The Hall–Kier alpha value is -1.92. The number of ether oxygens (including phenoxy) is 1. The Morgan fingerprint density at radius 3 is 2.84 bits per heavy atom. The van der Waals surface area contributed by atoms with Gasteiger partial charge in [-0.15, -0.1) is 0 Å². The highest BCUT2D eigenvalue weighted by atomic mass is 16.6. The van der Waals surface area contributed by atoms with Crippen molar-refractivity contribution in [3.63, 3.8) is 0 Å². The molecule has 2 aromatic heterocycles. The summed E-state index contributed by atoms with van der Waals surface area (Å²) >= 11 is 0. The van der Waals surface area contributed by atoms with Crippen LogP contribution in [-0.2, 0) is 4.74 Å². The van der Waals surface area contributed by atoms with E-state index >= 15 is 0 Å². The molecular formula is C11H12N4O4. The highest BCUT2D eigenvalue weighted by Gasteiger charge is 2.44. The molecule has 1 aliphatic rings. The second-order valence-electron chi connectivity index (χ2n) is 4.36. The van der Waals surface area contributed by atoms with Crippen molar-refractivity contribution >= 4 is 5.65 Å². The van der Waals surface area contributed by atoms with E-state index < -0.39 is 31.1 Å². The number of hydrogen-bond acceptors (Lipinski definition) is 6. The van der Waals surface area contributed by atoms with Crippen LogP contribution in [0.15, 0.2) is 18.6 Å². The largest absolute Gasteiger partial charge is 0.394 e. The van der Waals surface area contributed by atoms with Crippen molar-refractivity contribution in [2.24, 2.45) is 0 Å². The topological polar surface area (TPSA) is 116 Å². The predicted octanol–water partition coefficient (Wildman–Crippen LogP) is -1.38. The van der Waals surface area contributed by atoms with Crippen LogP contribution >= 0.6 is 0 Å². The minimum absolute atomic E-state index is 0.336. The summed E-state index contributed by atoms with van der Waals surface area (Å²) in [7, 11) is 0. The molecule has 8 heteroatoms. The minimum Gasteiger partial charge on any atom is -0.394 e. The summed E-state index contributed by atoms with van der Waals surface area (Å²) in [6, 6.07) is 2.00. The highest BCUT2D eigenvalue weighted by molar-refractivity contribution is 5.54. The number of nitrogens with zero attached hydrogens (tertiary/aromatic N) is 4. The molecule has 4 unspecified atom stereocenters. The van der Waals surface area contributed by atoms with Crippen molar-refractivity contribution < 1.29 is 20.1 Å². The molecule has 2 aromatic rings. The van der Waals surface area contributed by atoms with E-state index in [0.717, 1.165) is 0 Å². The van der Waals surface area contributed by atoms with Crippen LogP contribution < -0.4 is 0 Å². The summed E-state index contributed by atoms with van der Waals surface area (Å²) in [4.78, 5) is 4.04. The first-order valence-electron chi connectivity index (χ1n) is 5.74. The fourth-order valence-electron chi connectivity index (χ4n) is 2.30. The van der Waals surface area contributed by atoms with Gasteiger partial charge < -0.3 is 20.1 Å².